The van der Waals surface area contributed by atoms with Crippen molar-refractivity contribution in [3.63, 3.8) is 0 Å². The van der Waals surface area contributed by atoms with Gasteiger partial charge in [0.25, 0.3) is 0 Å². The molecule has 12 aromatic rings. The second-order valence-electron chi connectivity index (χ2n) is 37.5. The number of likely N-dealkylation sites (N-methyl/N-ethyl adjacent to an activating group) is 3. The molecule has 4 aromatic heterocycles. The summed E-state index contributed by atoms with van der Waals surface area (Å²) in [6.45, 7) is 19.7. The van der Waals surface area contributed by atoms with Crippen LogP contribution < -0.4 is 47.0 Å². The number of piperazine rings is 3. The Bertz CT molecular complexity index is 7000. The Morgan fingerprint density at radius 1 is 0.345 bits per heavy atom. The quantitative estimate of drug-likeness (QED) is 0.0206. The van der Waals surface area contributed by atoms with Gasteiger partial charge in [-0.3, -0.25) is 14.7 Å². The highest BCUT2D eigenvalue weighted by molar-refractivity contribution is 7.90. The summed E-state index contributed by atoms with van der Waals surface area (Å²) in [4.78, 5) is 56.0. The molecular weight excluding hydrogens is 2070 g/mol. The molecule has 6 aliphatic rings. The van der Waals surface area contributed by atoms with E-state index in [1.807, 2.05) is 48.5 Å². The largest absolute Gasteiger partial charge is 0.372 e. The van der Waals surface area contributed by atoms with Crippen LogP contribution in [0.3, 0.4) is 0 Å². The SMILES string of the molecule is CN1CCC(N(C)c2ccc(Nc3ncc(Cl)c(Nc4ccccc4S(=O)(=O)N(C)C)n3)cc2)CC1.CN1CCN(Cc2ccc(Nc3ncc(Cl)c(N(C)c4ccc(F)cc4S(=O)(=O)N4CCCC4)n3)cc2)CC1.CN1CCN(Cc2ccc(Nc3ncc(Cl)c(Nc4ccc(Cl)cc4S(=O)(=O)N4CCCC4)n3)cc2)CC1.CN1CCN(Cc2ccc(Nc3ncc(Cl)c(Nc4ccccc4S(=O)(=O)N(C)C)n3)cc2)CC1. The van der Waals surface area contributed by atoms with Crippen molar-refractivity contribution in [1.82, 2.24) is 91.4 Å². The lowest BCUT2D eigenvalue weighted by Crippen LogP contribution is -2.43. The lowest BCUT2D eigenvalue weighted by Gasteiger charge is -2.36. The number of nitrogens with zero attached hydrogens (tertiary/aromatic N) is 21. The predicted molar refractivity (Wildman–Crippen MR) is 591 cm³/mol. The third kappa shape index (κ3) is 29.4. The Hall–Kier alpha value is -11.0. The first kappa shape index (κ1) is 111. The maximum atomic E-state index is 14.2. The van der Waals surface area contributed by atoms with E-state index < -0.39 is 45.9 Å². The molecule has 6 fully saturated rings. The van der Waals surface area contributed by atoms with E-state index in [-0.39, 0.29) is 51.2 Å². The first-order chi connectivity index (χ1) is 70.8. The number of benzene rings is 8. The third-order valence-electron chi connectivity index (χ3n) is 26.3. The van der Waals surface area contributed by atoms with Crippen molar-refractivity contribution < 1.29 is 38.1 Å². The number of nitrogens with one attached hydrogen (secondary N) is 7. The molecule has 0 atom stereocenters. The monoisotopic (exact) mass is 2190 g/mol. The molecule has 6 saturated heterocycles. The smallest absolute Gasteiger partial charge is 0.245 e. The topological polar surface area (TPSA) is 366 Å². The van der Waals surface area contributed by atoms with Gasteiger partial charge in [-0.1, -0.05) is 119 Å². The van der Waals surface area contributed by atoms with Crippen LogP contribution in [0.1, 0.15) is 55.2 Å². The normalized spacial score (nSPS) is 16.4. The van der Waals surface area contributed by atoms with Crippen molar-refractivity contribution in [3.05, 3.63) is 254 Å². The second kappa shape index (κ2) is 50.8. The van der Waals surface area contributed by atoms with Gasteiger partial charge >= 0.3 is 0 Å². The zero-order valence-electron chi connectivity index (χ0n) is 84.4. The number of hydrogen-bond acceptors (Lipinski definition) is 32. The van der Waals surface area contributed by atoms with Crippen molar-refractivity contribution in [1.29, 1.82) is 0 Å². The Kier molecular flexibility index (Phi) is 38.1. The van der Waals surface area contributed by atoms with Crippen LogP contribution in [0.4, 0.5) is 103 Å². The number of para-hydroxylation sites is 2. The molecule has 0 unspecified atom stereocenters. The van der Waals surface area contributed by atoms with Crippen LogP contribution in [0.2, 0.25) is 25.1 Å². The van der Waals surface area contributed by atoms with Crippen molar-refractivity contribution in [2.75, 3.05) is 235 Å². The van der Waals surface area contributed by atoms with Crippen LogP contribution >= 0.6 is 58.0 Å². The van der Waals surface area contributed by atoms with E-state index in [4.69, 9.17) is 58.0 Å². The van der Waals surface area contributed by atoms with Gasteiger partial charge in [-0.25, -0.2) is 66.6 Å². The van der Waals surface area contributed by atoms with Crippen LogP contribution in [0.25, 0.3) is 0 Å². The first-order valence-electron chi connectivity index (χ1n) is 48.7. The summed E-state index contributed by atoms with van der Waals surface area (Å²) in [5.41, 5.74) is 9.59. The molecule has 46 heteroatoms. The summed E-state index contributed by atoms with van der Waals surface area (Å²) < 4.78 is 124. The molecule has 8 aromatic carbocycles. The zero-order valence-corrected chi connectivity index (χ0v) is 91.4. The fraction of sp³-hybridized carbons (Fsp3) is 0.373. The van der Waals surface area contributed by atoms with Crippen LogP contribution in [0, 0.1) is 5.82 Å². The highest BCUT2D eigenvalue weighted by Gasteiger charge is 2.35. The number of likely N-dealkylation sites (tertiary alicyclic amines) is 1. The van der Waals surface area contributed by atoms with Gasteiger partial charge < -0.3 is 66.6 Å². The van der Waals surface area contributed by atoms with Crippen LogP contribution in [-0.4, -0.2) is 319 Å². The lowest BCUT2D eigenvalue weighted by molar-refractivity contribution is 0.148. The Morgan fingerprint density at radius 3 is 1.05 bits per heavy atom. The van der Waals surface area contributed by atoms with Crippen LogP contribution in [-0.2, 0) is 59.7 Å². The Labute approximate surface area is 892 Å². The summed E-state index contributed by atoms with van der Waals surface area (Å²) in [6, 6.07) is 54.8. The molecular formula is C102H126Cl5FN28O8S4. The lowest BCUT2D eigenvalue weighted by atomic mass is 10.0. The number of aromatic nitrogens is 8. The van der Waals surface area contributed by atoms with Crippen molar-refractivity contribution in [2.24, 2.45) is 0 Å². The van der Waals surface area contributed by atoms with Gasteiger partial charge in [0.15, 0.2) is 23.3 Å². The number of hydrogen-bond donors (Lipinski definition) is 7. The maximum Gasteiger partial charge on any atom is 0.245 e. The number of rotatable bonds is 32. The molecule has 7 N–H and O–H groups in total. The van der Waals surface area contributed by atoms with Gasteiger partial charge in [0.05, 0.1) is 47.5 Å². The fourth-order valence-electron chi connectivity index (χ4n) is 17.4. The van der Waals surface area contributed by atoms with Gasteiger partial charge in [-0.05, 0) is 218 Å². The van der Waals surface area contributed by atoms with Gasteiger partial charge in [-0.2, -0.15) is 28.5 Å². The highest BCUT2D eigenvalue weighted by Crippen LogP contribution is 2.41. The average Bonchev–Trinajstić information content (AvgIpc) is 1.46. The molecule has 36 nitrogen and oxygen atoms in total. The molecule has 148 heavy (non-hydrogen) atoms. The summed E-state index contributed by atoms with van der Waals surface area (Å²) in [5.74, 6) is 1.88. The van der Waals surface area contributed by atoms with E-state index in [9.17, 15) is 38.1 Å². The van der Waals surface area contributed by atoms with E-state index in [1.54, 1.807) is 60.5 Å². The van der Waals surface area contributed by atoms with Crippen molar-refractivity contribution >= 4 is 196 Å². The van der Waals surface area contributed by atoms with E-state index in [1.165, 1.54) is 109 Å². The minimum Gasteiger partial charge on any atom is -0.372 e. The summed E-state index contributed by atoms with van der Waals surface area (Å²) >= 11 is 31.7. The summed E-state index contributed by atoms with van der Waals surface area (Å²) in [6.07, 6.45) is 11.4. The maximum absolute atomic E-state index is 14.2. The molecule has 788 valence electrons. The van der Waals surface area contributed by atoms with E-state index in [0.717, 1.165) is 193 Å². The Morgan fingerprint density at radius 2 is 0.676 bits per heavy atom. The van der Waals surface area contributed by atoms with Crippen LogP contribution in [0.5, 0.6) is 0 Å². The molecule has 0 radical (unpaired) electrons. The van der Waals surface area contributed by atoms with Crippen molar-refractivity contribution in [3.8, 4) is 0 Å². The number of piperidine rings is 1. The molecule has 10 heterocycles. The van der Waals surface area contributed by atoms with Gasteiger partial charge in [0.2, 0.25) is 63.9 Å². The minimum absolute atomic E-state index is 0.0898. The van der Waals surface area contributed by atoms with Gasteiger partial charge in [-0.15, -0.1) is 0 Å². The standard InChI is InChI=1S/C27H33ClFN7O2S.C26H31Cl2N7O2S.C25H32ClN7O2S.C24H30ClN7O2S/c1-33-13-15-35(16-14-33)19-20-5-8-22(9-6-20)31-27-30-18-23(28)26(32-27)34(2)24-10-7-21(29)17-25(24)39(37,38)36-11-3-4-12-36;1-33-12-14-34(15-13-33)18-19-4-7-21(8-5-19)30-26-29-17-22(28)25(32-26)31-23-9-6-20(27)16-24(23)38(36,37)35-10-2-3-11-35;1-31(2)36(34,35)23-8-6-5-7-22(23)29-24-21(26)17-27-25(30-24)28-18-9-11-19(12-10-18)33(4)20-13-15-32(3)16-14-20;1-30(2)35(33,34)22-7-5-4-6-21(22)28-23-20(25)16-26-24(29-23)27-19-10-8-18(9-11-19)17-32-14-12-31(3)13-15-32/h5-10,17-18H,3-4,11-16,19H2,1-2H3,(H,30,31,32);4-9,16-17H,2-3,10-15,18H2,1H3,(H2,29,30,31,32);5-12,17,20H,13-16H2,1-4H3,(H2,27,28,29,30);4-11,16H,12-15,17H2,1-3H3,(H2,26,27,28,29). The molecule has 0 bridgehead atoms. The zero-order chi connectivity index (χ0) is 105. The van der Waals surface area contributed by atoms with E-state index in [2.05, 4.69) is 200 Å². The molecule has 6 aliphatic heterocycles. The second-order valence-corrected chi connectivity index (χ2v) is 47.7. The number of anilines is 17. The average molecular weight is 2200 g/mol. The number of sulfonamides is 4. The molecule has 0 spiro atoms. The Balaban J connectivity index is 0.000000148. The fourth-order valence-corrected chi connectivity index (χ4v) is 23.7. The highest BCUT2D eigenvalue weighted by atomic mass is 35.5. The molecule has 0 saturated carbocycles. The van der Waals surface area contributed by atoms with E-state index >= 15 is 0 Å². The van der Waals surface area contributed by atoms with Crippen molar-refractivity contribution in [2.45, 2.75) is 83.8 Å². The first-order valence-corrected chi connectivity index (χ1v) is 56.4. The predicted octanol–water partition coefficient (Wildman–Crippen LogP) is 17.1. The van der Waals surface area contributed by atoms with Gasteiger partial charge in [0, 0.05) is 206 Å². The minimum atomic E-state index is -3.89. The molecule has 18 rings (SSSR count). The summed E-state index contributed by atoms with van der Waals surface area (Å²) in [5, 5.41) is 23.4. The summed E-state index contributed by atoms with van der Waals surface area (Å²) in [7, 11) is 3.45. The number of halogens is 6. The van der Waals surface area contributed by atoms with E-state index in [0.29, 0.717) is 95.6 Å². The molecule has 0 amide bonds. The molecule has 0 aliphatic carbocycles. The van der Waals surface area contributed by atoms with Crippen LogP contribution in [0.15, 0.2) is 226 Å². The van der Waals surface area contributed by atoms with Gasteiger partial charge in [0.1, 0.15) is 45.5 Å². The third-order valence-corrected chi connectivity index (χ3v) is 35.3.